The van der Waals surface area contributed by atoms with E-state index >= 15 is 0 Å². The van der Waals surface area contributed by atoms with Crippen LogP contribution < -0.4 is 5.32 Å². The standard InChI is InChI=1S/C20H25NO/c1-4-17(2)21-16-15-20(22-3,18-11-7-5-8-12-18)19-13-9-6-10-14-19/h4-14,17,21H,1,15-16H2,2-3H3. The van der Waals surface area contributed by atoms with Crippen LogP contribution >= 0.6 is 0 Å². The molecular formula is C20H25NO. The van der Waals surface area contributed by atoms with E-state index in [1.54, 1.807) is 7.11 Å². The zero-order valence-corrected chi connectivity index (χ0v) is 13.5. The Bertz CT molecular complexity index is 525. The summed E-state index contributed by atoms with van der Waals surface area (Å²) < 4.78 is 6.06. The van der Waals surface area contributed by atoms with Gasteiger partial charge in [-0.25, -0.2) is 0 Å². The number of ether oxygens (including phenoxy) is 1. The Kier molecular flexibility index (Phi) is 5.93. The Morgan fingerprint density at radius 2 is 1.55 bits per heavy atom. The molecule has 1 N–H and O–H groups in total. The normalized spacial score (nSPS) is 12.8. The molecule has 0 fully saturated rings. The van der Waals surface area contributed by atoms with Crippen molar-refractivity contribution >= 4 is 0 Å². The average molecular weight is 295 g/mol. The van der Waals surface area contributed by atoms with Gasteiger partial charge in [0.15, 0.2) is 0 Å². The van der Waals surface area contributed by atoms with Crippen molar-refractivity contribution in [1.29, 1.82) is 0 Å². The maximum Gasteiger partial charge on any atom is 0.119 e. The van der Waals surface area contributed by atoms with Crippen LogP contribution in [0.4, 0.5) is 0 Å². The number of benzene rings is 2. The molecule has 0 aliphatic heterocycles. The van der Waals surface area contributed by atoms with E-state index in [-0.39, 0.29) is 0 Å². The summed E-state index contributed by atoms with van der Waals surface area (Å²) in [5, 5.41) is 3.46. The second kappa shape index (κ2) is 7.92. The fourth-order valence-corrected chi connectivity index (χ4v) is 2.77. The fourth-order valence-electron chi connectivity index (χ4n) is 2.77. The van der Waals surface area contributed by atoms with Crippen LogP contribution in [0.15, 0.2) is 73.3 Å². The Morgan fingerprint density at radius 1 is 1.05 bits per heavy atom. The van der Waals surface area contributed by atoms with Gasteiger partial charge >= 0.3 is 0 Å². The van der Waals surface area contributed by atoms with E-state index in [4.69, 9.17) is 4.74 Å². The third-order valence-electron chi connectivity index (χ3n) is 4.13. The summed E-state index contributed by atoms with van der Waals surface area (Å²) in [5.41, 5.74) is 1.92. The van der Waals surface area contributed by atoms with Crippen LogP contribution in [-0.2, 0) is 10.3 Å². The highest BCUT2D eigenvalue weighted by Gasteiger charge is 2.33. The van der Waals surface area contributed by atoms with Crippen molar-refractivity contribution in [2.75, 3.05) is 13.7 Å². The van der Waals surface area contributed by atoms with Crippen LogP contribution in [0, 0.1) is 0 Å². The SMILES string of the molecule is C=CC(C)NCCC(OC)(c1ccccc1)c1ccccc1. The summed E-state index contributed by atoms with van der Waals surface area (Å²) in [4.78, 5) is 0. The van der Waals surface area contributed by atoms with Crippen LogP contribution in [-0.4, -0.2) is 19.7 Å². The first-order valence-corrected chi connectivity index (χ1v) is 7.75. The molecule has 2 aromatic rings. The van der Waals surface area contributed by atoms with Gasteiger partial charge in [0, 0.05) is 13.2 Å². The van der Waals surface area contributed by atoms with Gasteiger partial charge in [-0.1, -0.05) is 66.7 Å². The summed E-state index contributed by atoms with van der Waals surface area (Å²) in [6.07, 6.45) is 2.77. The van der Waals surface area contributed by atoms with E-state index in [2.05, 4.69) is 67.4 Å². The zero-order chi connectivity index (χ0) is 15.8. The molecule has 0 heterocycles. The van der Waals surface area contributed by atoms with E-state index in [1.807, 2.05) is 18.2 Å². The predicted molar refractivity (Wildman–Crippen MR) is 93.0 cm³/mol. The van der Waals surface area contributed by atoms with Crippen LogP contribution in [0.5, 0.6) is 0 Å². The highest BCUT2D eigenvalue weighted by atomic mass is 16.5. The third-order valence-corrected chi connectivity index (χ3v) is 4.13. The van der Waals surface area contributed by atoms with Crippen LogP contribution in [0.1, 0.15) is 24.5 Å². The first-order chi connectivity index (χ1) is 10.7. The fraction of sp³-hybridized carbons (Fsp3) is 0.300. The first kappa shape index (κ1) is 16.5. The highest BCUT2D eigenvalue weighted by Crippen LogP contribution is 2.36. The highest BCUT2D eigenvalue weighted by molar-refractivity contribution is 5.36. The first-order valence-electron chi connectivity index (χ1n) is 7.75. The molecule has 1 atom stereocenters. The molecule has 2 aromatic carbocycles. The van der Waals surface area contributed by atoms with E-state index in [9.17, 15) is 0 Å². The molecule has 0 saturated heterocycles. The molecule has 116 valence electrons. The van der Waals surface area contributed by atoms with Crippen molar-refractivity contribution in [2.45, 2.75) is 25.0 Å². The lowest BCUT2D eigenvalue weighted by Gasteiger charge is -2.34. The van der Waals surface area contributed by atoms with E-state index in [1.165, 1.54) is 11.1 Å². The van der Waals surface area contributed by atoms with Crippen molar-refractivity contribution in [1.82, 2.24) is 5.32 Å². The molecule has 0 amide bonds. The number of methoxy groups -OCH3 is 1. The topological polar surface area (TPSA) is 21.3 Å². The third kappa shape index (κ3) is 3.65. The van der Waals surface area contributed by atoms with Crippen molar-refractivity contribution in [3.05, 3.63) is 84.4 Å². The molecule has 0 aliphatic carbocycles. The van der Waals surface area contributed by atoms with Crippen molar-refractivity contribution < 1.29 is 4.74 Å². The lowest BCUT2D eigenvalue weighted by atomic mass is 9.83. The second-order valence-corrected chi connectivity index (χ2v) is 5.49. The molecular weight excluding hydrogens is 270 g/mol. The largest absolute Gasteiger partial charge is 0.369 e. The van der Waals surface area contributed by atoms with Gasteiger partial charge in [0.25, 0.3) is 0 Å². The lowest BCUT2D eigenvalue weighted by Crippen LogP contribution is -2.36. The summed E-state index contributed by atoms with van der Waals surface area (Å²) >= 11 is 0. The molecule has 22 heavy (non-hydrogen) atoms. The molecule has 0 aliphatic rings. The van der Waals surface area contributed by atoms with Gasteiger partial charge in [0.1, 0.15) is 5.60 Å². The summed E-state index contributed by atoms with van der Waals surface area (Å²) in [5.74, 6) is 0. The Labute approximate surface area is 133 Å². The summed E-state index contributed by atoms with van der Waals surface area (Å²) in [6, 6.07) is 21.1. The lowest BCUT2D eigenvalue weighted by molar-refractivity contribution is 0.0145. The van der Waals surface area contributed by atoms with E-state index in [0.29, 0.717) is 6.04 Å². The van der Waals surface area contributed by atoms with Crippen molar-refractivity contribution in [2.24, 2.45) is 0 Å². The van der Waals surface area contributed by atoms with Gasteiger partial charge in [-0.15, -0.1) is 6.58 Å². The predicted octanol–water partition coefficient (Wildman–Crippen LogP) is 4.13. The molecule has 0 saturated carbocycles. The van der Waals surface area contributed by atoms with Crippen molar-refractivity contribution in [3.8, 4) is 0 Å². The van der Waals surface area contributed by atoms with Gasteiger partial charge in [0.2, 0.25) is 0 Å². The van der Waals surface area contributed by atoms with Gasteiger partial charge in [-0.2, -0.15) is 0 Å². The minimum atomic E-state index is -0.434. The molecule has 2 rings (SSSR count). The van der Waals surface area contributed by atoms with Crippen LogP contribution in [0.25, 0.3) is 0 Å². The smallest absolute Gasteiger partial charge is 0.119 e. The zero-order valence-electron chi connectivity index (χ0n) is 13.5. The molecule has 0 radical (unpaired) electrons. The van der Waals surface area contributed by atoms with E-state index < -0.39 is 5.60 Å². The molecule has 1 unspecified atom stereocenters. The monoisotopic (exact) mass is 295 g/mol. The summed E-state index contributed by atoms with van der Waals surface area (Å²) in [6.45, 7) is 6.77. The maximum atomic E-state index is 6.06. The minimum Gasteiger partial charge on any atom is -0.369 e. The minimum absolute atomic E-state index is 0.293. The maximum absolute atomic E-state index is 6.06. The van der Waals surface area contributed by atoms with Gasteiger partial charge in [-0.3, -0.25) is 0 Å². The van der Waals surface area contributed by atoms with Crippen LogP contribution in [0.2, 0.25) is 0 Å². The summed E-state index contributed by atoms with van der Waals surface area (Å²) in [7, 11) is 1.79. The van der Waals surface area contributed by atoms with Crippen LogP contribution in [0.3, 0.4) is 0 Å². The number of hydrogen-bond acceptors (Lipinski definition) is 2. The van der Waals surface area contributed by atoms with Gasteiger partial charge in [-0.05, 0) is 31.0 Å². The Hall–Kier alpha value is -1.90. The Morgan fingerprint density at radius 3 is 1.95 bits per heavy atom. The molecule has 0 aromatic heterocycles. The second-order valence-electron chi connectivity index (χ2n) is 5.49. The van der Waals surface area contributed by atoms with Gasteiger partial charge in [0.05, 0.1) is 0 Å². The Balaban J connectivity index is 2.33. The van der Waals surface area contributed by atoms with Gasteiger partial charge < -0.3 is 10.1 Å². The molecule has 2 heteroatoms. The average Bonchev–Trinajstić information content (AvgIpc) is 2.60. The molecule has 0 spiro atoms. The van der Waals surface area contributed by atoms with Crippen molar-refractivity contribution in [3.63, 3.8) is 0 Å². The molecule has 0 bridgehead atoms. The number of hydrogen-bond donors (Lipinski definition) is 1. The molecule has 2 nitrogen and oxygen atoms in total. The quantitative estimate of drug-likeness (QED) is 0.739. The number of rotatable bonds is 8. The van der Waals surface area contributed by atoms with E-state index in [0.717, 1.165) is 13.0 Å². The number of nitrogens with one attached hydrogen (secondary N) is 1.